The molecule has 1 aromatic heterocycles. The Morgan fingerprint density at radius 1 is 1.10 bits per heavy atom. The molecule has 0 atom stereocenters. The number of nitrogens with zero attached hydrogens (tertiary/aromatic N) is 2. The highest BCUT2D eigenvalue weighted by atomic mass is 35.5. The molecule has 1 heterocycles. The number of halogens is 2. The number of hydrogen-bond donors (Lipinski definition) is 2. The first-order chi connectivity index (χ1) is 10.2. The van der Waals surface area contributed by atoms with Crippen molar-refractivity contribution in [2.24, 2.45) is 0 Å². The Morgan fingerprint density at radius 2 is 1.95 bits per heavy atom. The lowest BCUT2D eigenvalue weighted by molar-refractivity contribution is 0.954. The molecule has 0 radical (unpaired) electrons. The van der Waals surface area contributed by atoms with Crippen molar-refractivity contribution >= 4 is 35.0 Å². The maximum absolute atomic E-state index is 6.14. The molecule has 0 aliphatic heterocycles. The van der Waals surface area contributed by atoms with Crippen LogP contribution in [0, 0.1) is 0 Å². The molecular formula is C15H18Cl2N4. The van der Waals surface area contributed by atoms with Gasteiger partial charge < -0.3 is 10.6 Å². The molecule has 2 aromatic rings. The van der Waals surface area contributed by atoms with Crippen LogP contribution in [0.5, 0.6) is 0 Å². The second-order valence-corrected chi connectivity index (χ2v) is 5.45. The Hall–Kier alpha value is -1.52. The largest absolute Gasteiger partial charge is 0.370 e. The Kier molecular flexibility index (Phi) is 6.08. The first-order valence-corrected chi connectivity index (χ1v) is 7.69. The summed E-state index contributed by atoms with van der Waals surface area (Å²) in [7, 11) is 0. The molecule has 0 saturated carbocycles. The van der Waals surface area contributed by atoms with Gasteiger partial charge in [0.1, 0.15) is 5.82 Å². The van der Waals surface area contributed by atoms with Crippen molar-refractivity contribution in [1.82, 2.24) is 9.97 Å². The molecule has 0 aliphatic carbocycles. The van der Waals surface area contributed by atoms with Crippen molar-refractivity contribution < 1.29 is 0 Å². The summed E-state index contributed by atoms with van der Waals surface area (Å²) in [5.41, 5.74) is 1.05. The molecule has 6 heteroatoms. The second kappa shape index (κ2) is 8.05. The van der Waals surface area contributed by atoms with Gasteiger partial charge in [0.2, 0.25) is 5.95 Å². The fourth-order valence-corrected chi connectivity index (χ4v) is 2.33. The maximum Gasteiger partial charge on any atom is 0.224 e. The number of anilines is 2. The van der Waals surface area contributed by atoms with E-state index in [9.17, 15) is 0 Å². The van der Waals surface area contributed by atoms with Crippen LogP contribution in [-0.2, 0) is 6.42 Å². The molecule has 0 amide bonds. The number of aromatic nitrogens is 2. The average molecular weight is 325 g/mol. The standard InChI is InChI=1S/C15H18Cl2N4/c1-2-7-18-14-6-9-20-15(21-14)19-8-5-11-3-4-12(16)10-13(11)17/h3-4,6,9-10H,2,5,7-8H2,1H3,(H2,18,19,20,21). The summed E-state index contributed by atoms with van der Waals surface area (Å²) in [4.78, 5) is 8.59. The normalized spacial score (nSPS) is 10.4. The lowest BCUT2D eigenvalue weighted by atomic mass is 10.1. The van der Waals surface area contributed by atoms with Crippen molar-refractivity contribution in [2.45, 2.75) is 19.8 Å². The Labute approximate surface area is 134 Å². The lowest BCUT2D eigenvalue weighted by Crippen LogP contribution is -2.10. The molecule has 0 bridgehead atoms. The van der Waals surface area contributed by atoms with Gasteiger partial charge in [-0.3, -0.25) is 0 Å². The van der Waals surface area contributed by atoms with Crippen molar-refractivity contribution in [2.75, 3.05) is 23.7 Å². The first kappa shape index (κ1) is 15.9. The Bertz CT molecular complexity index is 590. The van der Waals surface area contributed by atoms with Crippen LogP contribution in [0.25, 0.3) is 0 Å². The minimum Gasteiger partial charge on any atom is -0.370 e. The van der Waals surface area contributed by atoms with E-state index in [4.69, 9.17) is 23.2 Å². The van der Waals surface area contributed by atoms with Crippen LogP contribution < -0.4 is 10.6 Å². The predicted molar refractivity (Wildman–Crippen MR) is 89.5 cm³/mol. The van der Waals surface area contributed by atoms with Gasteiger partial charge in [-0.1, -0.05) is 36.2 Å². The molecule has 0 fully saturated rings. The number of hydrogen-bond acceptors (Lipinski definition) is 4. The van der Waals surface area contributed by atoms with Gasteiger partial charge in [-0.2, -0.15) is 4.98 Å². The summed E-state index contributed by atoms with van der Waals surface area (Å²) in [5, 5.41) is 7.76. The topological polar surface area (TPSA) is 49.8 Å². The van der Waals surface area contributed by atoms with E-state index in [2.05, 4.69) is 27.5 Å². The number of benzene rings is 1. The van der Waals surface area contributed by atoms with Gasteiger partial charge in [-0.15, -0.1) is 0 Å². The number of rotatable bonds is 7. The van der Waals surface area contributed by atoms with Gasteiger partial charge in [-0.25, -0.2) is 4.98 Å². The van der Waals surface area contributed by atoms with E-state index >= 15 is 0 Å². The maximum atomic E-state index is 6.14. The van der Waals surface area contributed by atoms with Crippen LogP contribution in [0.4, 0.5) is 11.8 Å². The van der Waals surface area contributed by atoms with Crippen molar-refractivity contribution in [3.8, 4) is 0 Å². The molecule has 2 N–H and O–H groups in total. The van der Waals surface area contributed by atoms with E-state index in [1.54, 1.807) is 12.3 Å². The molecule has 0 spiro atoms. The van der Waals surface area contributed by atoms with Crippen LogP contribution in [0.2, 0.25) is 10.0 Å². The third-order valence-corrected chi connectivity index (χ3v) is 3.49. The molecule has 21 heavy (non-hydrogen) atoms. The third-order valence-electron chi connectivity index (χ3n) is 2.90. The summed E-state index contributed by atoms with van der Waals surface area (Å²) in [6, 6.07) is 7.39. The summed E-state index contributed by atoms with van der Waals surface area (Å²) in [6.07, 6.45) is 3.58. The van der Waals surface area contributed by atoms with Crippen LogP contribution in [-0.4, -0.2) is 23.1 Å². The smallest absolute Gasteiger partial charge is 0.224 e. The SMILES string of the molecule is CCCNc1ccnc(NCCc2ccc(Cl)cc2Cl)n1. The quantitative estimate of drug-likeness (QED) is 0.798. The minimum absolute atomic E-state index is 0.612. The van der Waals surface area contributed by atoms with Crippen molar-refractivity contribution in [3.05, 3.63) is 46.1 Å². The fourth-order valence-electron chi connectivity index (χ4n) is 1.83. The fraction of sp³-hybridized carbons (Fsp3) is 0.333. The van der Waals surface area contributed by atoms with Gasteiger partial charge in [0.15, 0.2) is 0 Å². The molecule has 1 aromatic carbocycles. The summed E-state index contributed by atoms with van der Waals surface area (Å²) < 4.78 is 0. The van der Waals surface area contributed by atoms with E-state index in [-0.39, 0.29) is 0 Å². The molecule has 4 nitrogen and oxygen atoms in total. The van der Waals surface area contributed by atoms with Gasteiger partial charge in [0.25, 0.3) is 0 Å². The van der Waals surface area contributed by atoms with E-state index in [1.165, 1.54) is 0 Å². The van der Waals surface area contributed by atoms with Gasteiger partial charge in [-0.05, 0) is 36.6 Å². The summed E-state index contributed by atoms with van der Waals surface area (Å²) in [6.45, 7) is 3.72. The zero-order chi connectivity index (χ0) is 15.1. The van der Waals surface area contributed by atoms with E-state index in [0.29, 0.717) is 22.5 Å². The van der Waals surface area contributed by atoms with E-state index in [0.717, 1.165) is 30.8 Å². The zero-order valence-corrected chi connectivity index (χ0v) is 13.4. The molecule has 2 rings (SSSR count). The highest BCUT2D eigenvalue weighted by molar-refractivity contribution is 6.35. The molecule has 112 valence electrons. The van der Waals surface area contributed by atoms with Crippen LogP contribution >= 0.6 is 23.2 Å². The van der Waals surface area contributed by atoms with Gasteiger partial charge in [0.05, 0.1) is 0 Å². The van der Waals surface area contributed by atoms with Gasteiger partial charge >= 0.3 is 0 Å². The minimum atomic E-state index is 0.612. The summed E-state index contributed by atoms with van der Waals surface area (Å²) >= 11 is 12.0. The lowest BCUT2D eigenvalue weighted by Gasteiger charge is -2.08. The number of nitrogens with one attached hydrogen (secondary N) is 2. The predicted octanol–water partition coefficient (Wildman–Crippen LogP) is 4.26. The first-order valence-electron chi connectivity index (χ1n) is 6.93. The van der Waals surface area contributed by atoms with Crippen molar-refractivity contribution in [1.29, 1.82) is 0 Å². The van der Waals surface area contributed by atoms with Crippen LogP contribution in [0.1, 0.15) is 18.9 Å². The third kappa shape index (κ3) is 5.06. The highest BCUT2D eigenvalue weighted by Crippen LogP contribution is 2.21. The Balaban J connectivity index is 1.88. The van der Waals surface area contributed by atoms with Gasteiger partial charge in [0, 0.05) is 29.3 Å². The molecule has 0 saturated heterocycles. The van der Waals surface area contributed by atoms with E-state index < -0.39 is 0 Å². The Morgan fingerprint density at radius 3 is 2.71 bits per heavy atom. The van der Waals surface area contributed by atoms with Crippen LogP contribution in [0.15, 0.2) is 30.5 Å². The molecule has 0 aliphatic rings. The highest BCUT2D eigenvalue weighted by Gasteiger charge is 2.02. The summed E-state index contributed by atoms with van der Waals surface area (Å²) in [5.74, 6) is 1.44. The van der Waals surface area contributed by atoms with Crippen LogP contribution in [0.3, 0.4) is 0 Å². The second-order valence-electron chi connectivity index (χ2n) is 4.60. The average Bonchev–Trinajstić information content (AvgIpc) is 2.48. The van der Waals surface area contributed by atoms with E-state index in [1.807, 2.05) is 18.2 Å². The molecule has 0 unspecified atom stereocenters. The van der Waals surface area contributed by atoms with Crippen molar-refractivity contribution in [3.63, 3.8) is 0 Å². The molecular weight excluding hydrogens is 307 g/mol. The monoisotopic (exact) mass is 324 g/mol. The zero-order valence-electron chi connectivity index (χ0n) is 11.9.